The van der Waals surface area contributed by atoms with Gasteiger partial charge in [0, 0.05) is 32.2 Å². The van der Waals surface area contributed by atoms with Crippen molar-refractivity contribution >= 4 is 16.9 Å². The fraction of sp³-hybridized carbons (Fsp3) is 0.360. The third-order valence-electron chi connectivity index (χ3n) is 6.37. The zero-order valence-corrected chi connectivity index (χ0v) is 18.7. The van der Waals surface area contributed by atoms with E-state index in [0.29, 0.717) is 54.3 Å². The molecule has 3 aromatic rings. The minimum Gasteiger partial charge on any atom is -0.497 e. The number of morpholine rings is 1. The number of amides is 1. The van der Waals surface area contributed by atoms with E-state index in [1.54, 1.807) is 37.3 Å². The van der Waals surface area contributed by atoms with Crippen molar-refractivity contribution in [1.29, 1.82) is 0 Å². The first-order chi connectivity index (χ1) is 16.1. The normalized spacial score (nSPS) is 18.5. The van der Waals surface area contributed by atoms with Gasteiger partial charge in [0.15, 0.2) is 5.43 Å². The highest BCUT2D eigenvalue weighted by atomic mass is 16.5. The molecule has 1 atom stereocenters. The Hall–Kier alpha value is -3.36. The lowest BCUT2D eigenvalue weighted by Gasteiger charge is -2.31. The van der Waals surface area contributed by atoms with Crippen molar-refractivity contribution in [3.63, 3.8) is 0 Å². The van der Waals surface area contributed by atoms with E-state index in [4.69, 9.17) is 18.6 Å². The largest absolute Gasteiger partial charge is 0.497 e. The number of hydrogen-bond acceptors (Lipinski definition) is 7. The van der Waals surface area contributed by atoms with Gasteiger partial charge in [-0.05, 0) is 29.8 Å². The molecule has 2 aromatic carbocycles. The molecule has 3 heterocycles. The number of carbonyl (C=O) groups is 1. The van der Waals surface area contributed by atoms with Crippen molar-refractivity contribution < 1.29 is 23.4 Å². The van der Waals surface area contributed by atoms with Gasteiger partial charge < -0.3 is 23.5 Å². The molecule has 172 valence electrons. The van der Waals surface area contributed by atoms with E-state index >= 15 is 0 Å². The third kappa shape index (κ3) is 3.85. The maximum Gasteiger partial charge on any atom is 0.290 e. The molecular weight excluding hydrogens is 424 g/mol. The molecule has 0 saturated carbocycles. The molecule has 0 unspecified atom stereocenters. The second-order valence-electron chi connectivity index (χ2n) is 8.16. The van der Waals surface area contributed by atoms with Crippen LogP contribution in [0.3, 0.4) is 0 Å². The summed E-state index contributed by atoms with van der Waals surface area (Å²) < 4.78 is 22.0. The van der Waals surface area contributed by atoms with Gasteiger partial charge in [0.1, 0.15) is 17.1 Å². The minimum atomic E-state index is -0.526. The molecule has 5 rings (SSSR count). The van der Waals surface area contributed by atoms with Crippen molar-refractivity contribution in [1.82, 2.24) is 9.80 Å². The van der Waals surface area contributed by atoms with Crippen molar-refractivity contribution in [3.8, 4) is 11.5 Å². The molecule has 0 spiro atoms. The third-order valence-corrected chi connectivity index (χ3v) is 6.37. The molecule has 1 fully saturated rings. The molecule has 0 radical (unpaired) electrons. The van der Waals surface area contributed by atoms with Gasteiger partial charge in [0.2, 0.25) is 5.76 Å². The Bertz CT molecular complexity index is 1230. The van der Waals surface area contributed by atoms with Crippen LogP contribution in [0.5, 0.6) is 11.5 Å². The first-order valence-corrected chi connectivity index (χ1v) is 11.0. The van der Waals surface area contributed by atoms with Gasteiger partial charge in [0.05, 0.1) is 44.4 Å². The van der Waals surface area contributed by atoms with E-state index in [1.807, 2.05) is 24.3 Å². The van der Waals surface area contributed by atoms with E-state index in [2.05, 4.69) is 4.90 Å². The van der Waals surface area contributed by atoms with Crippen LogP contribution >= 0.6 is 0 Å². The summed E-state index contributed by atoms with van der Waals surface area (Å²) in [6.07, 6.45) is 0. The lowest BCUT2D eigenvalue weighted by molar-refractivity contribution is 0.0314. The Kier molecular flexibility index (Phi) is 5.78. The minimum absolute atomic E-state index is 0.101. The summed E-state index contributed by atoms with van der Waals surface area (Å²) in [4.78, 5) is 31.1. The molecule has 2 aliphatic heterocycles. The number of methoxy groups -OCH3 is 2. The summed E-state index contributed by atoms with van der Waals surface area (Å²) in [5.74, 6) is 1.09. The second-order valence-corrected chi connectivity index (χ2v) is 8.16. The van der Waals surface area contributed by atoms with Gasteiger partial charge in [-0.1, -0.05) is 12.1 Å². The number of hydrogen-bond donors (Lipinski definition) is 0. The zero-order valence-electron chi connectivity index (χ0n) is 18.7. The van der Waals surface area contributed by atoms with Gasteiger partial charge in [-0.2, -0.15) is 0 Å². The molecule has 0 aliphatic carbocycles. The molecule has 2 aliphatic rings. The molecule has 0 bridgehead atoms. The highest BCUT2D eigenvalue weighted by Gasteiger charge is 2.42. The second kappa shape index (κ2) is 8.88. The van der Waals surface area contributed by atoms with Crippen molar-refractivity contribution in [2.45, 2.75) is 6.04 Å². The molecule has 1 amide bonds. The van der Waals surface area contributed by atoms with Crippen LogP contribution in [-0.2, 0) is 4.74 Å². The Balaban J connectivity index is 1.59. The lowest BCUT2D eigenvalue weighted by atomic mass is 9.98. The van der Waals surface area contributed by atoms with E-state index in [-0.39, 0.29) is 17.1 Å². The lowest BCUT2D eigenvalue weighted by Crippen LogP contribution is -2.42. The van der Waals surface area contributed by atoms with Crippen LogP contribution in [0.2, 0.25) is 0 Å². The van der Waals surface area contributed by atoms with Crippen molar-refractivity contribution in [2.24, 2.45) is 0 Å². The van der Waals surface area contributed by atoms with Crippen molar-refractivity contribution in [3.05, 3.63) is 69.6 Å². The summed E-state index contributed by atoms with van der Waals surface area (Å²) in [6.45, 7) is 4.18. The van der Waals surface area contributed by atoms with Gasteiger partial charge in [-0.25, -0.2) is 0 Å². The van der Waals surface area contributed by atoms with Gasteiger partial charge in [0.25, 0.3) is 5.91 Å². The Morgan fingerprint density at radius 2 is 1.64 bits per heavy atom. The first-order valence-electron chi connectivity index (χ1n) is 11.0. The Morgan fingerprint density at radius 3 is 2.33 bits per heavy atom. The first kappa shape index (κ1) is 21.5. The SMILES string of the molecule is COc1ccc([C@H]2c3c(oc4cc(OC)ccc4c3=O)C(=O)N2CCN2CCOCC2)cc1. The fourth-order valence-corrected chi connectivity index (χ4v) is 4.56. The number of carbonyl (C=O) groups excluding carboxylic acids is 1. The van der Waals surface area contributed by atoms with Crippen LogP contribution in [0.4, 0.5) is 0 Å². The van der Waals surface area contributed by atoms with Gasteiger partial charge >= 0.3 is 0 Å². The average Bonchev–Trinajstić information content (AvgIpc) is 3.14. The van der Waals surface area contributed by atoms with Crippen LogP contribution in [0.25, 0.3) is 11.0 Å². The van der Waals surface area contributed by atoms with Crippen LogP contribution < -0.4 is 14.9 Å². The summed E-state index contributed by atoms with van der Waals surface area (Å²) in [6, 6.07) is 12.0. The molecule has 8 heteroatoms. The van der Waals surface area contributed by atoms with E-state index in [9.17, 15) is 9.59 Å². The topological polar surface area (TPSA) is 81.5 Å². The number of benzene rings is 2. The van der Waals surface area contributed by atoms with E-state index in [0.717, 1.165) is 18.7 Å². The highest BCUT2D eigenvalue weighted by Crippen LogP contribution is 2.38. The summed E-state index contributed by atoms with van der Waals surface area (Å²) in [5, 5.41) is 0.427. The Labute approximate surface area is 191 Å². The standard InChI is InChI=1S/C25H26N2O6/c1-30-17-5-3-16(4-6-17)22-21-23(28)19-8-7-18(31-2)15-20(19)33-24(21)25(29)27(22)10-9-26-11-13-32-14-12-26/h3-8,15,22H,9-14H2,1-2H3/t22-/m0/s1. The monoisotopic (exact) mass is 450 g/mol. The van der Waals surface area contributed by atoms with Crippen LogP contribution in [0.1, 0.15) is 27.7 Å². The Morgan fingerprint density at radius 1 is 0.939 bits per heavy atom. The summed E-state index contributed by atoms with van der Waals surface area (Å²) in [5.41, 5.74) is 1.36. The van der Waals surface area contributed by atoms with Gasteiger partial charge in [-0.3, -0.25) is 14.5 Å². The number of fused-ring (bicyclic) bond motifs is 2. The molecule has 33 heavy (non-hydrogen) atoms. The highest BCUT2D eigenvalue weighted by molar-refractivity contribution is 5.99. The van der Waals surface area contributed by atoms with Crippen molar-refractivity contribution in [2.75, 3.05) is 53.6 Å². The maximum atomic E-state index is 13.6. The average molecular weight is 450 g/mol. The van der Waals surface area contributed by atoms with Crippen LogP contribution in [-0.4, -0.2) is 69.3 Å². The number of ether oxygens (including phenoxy) is 3. The fourth-order valence-electron chi connectivity index (χ4n) is 4.56. The van der Waals surface area contributed by atoms with Crippen LogP contribution in [0, 0.1) is 0 Å². The quantitative estimate of drug-likeness (QED) is 0.571. The van der Waals surface area contributed by atoms with E-state index < -0.39 is 6.04 Å². The summed E-state index contributed by atoms with van der Waals surface area (Å²) >= 11 is 0. The van der Waals surface area contributed by atoms with Gasteiger partial charge in [-0.15, -0.1) is 0 Å². The predicted molar refractivity (Wildman–Crippen MR) is 122 cm³/mol. The number of rotatable bonds is 6. The summed E-state index contributed by atoms with van der Waals surface area (Å²) in [7, 11) is 3.15. The smallest absolute Gasteiger partial charge is 0.290 e. The molecule has 8 nitrogen and oxygen atoms in total. The van der Waals surface area contributed by atoms with Crippen LogP contribution in [0.15, 0.2) is 51.7 Å². The molecule has 1 saturated heterocycles. The molecular formula is C25H26N2O6. The molecule has 0 N–H and O–H groups in total. The van der Waals surface area contributed by atoms with E-state index in [1.165, 1.54) is 0 Å². The zero-order chi connectivity index (χ0) is 22.9. The maximum absolute atomic E-state index is 13.6. The molecule has 1 aromatic heterocycles. The number of nitrogens with zero attached hydrogens (tertiary/aromatic N) is 2. The predicted octanol–water partition coefficient (Wildman–Crippen LogP) is 2.69.